The van der Waals surface area contributed by atoms with Gasteiger partial charge in [-0.1, -0.05) is 30.3 Å². The zero-order valence-corrected chi connectivity index (χ0v) is 16.8. The van der Waals surface area contributed by atoms with Gasteiger partial charge in [-0.2, -0.15) is 0 Å². The highest BCUT2D eigenvalue weighted by Gasteiger charge is 2.31. The van der Waals surface area contributed by atoms with Crippen LogP contribution in [0.2, 0.25) is 0 Å². The van der Waals surface area contributed by atoms with E-state index >= 15 is 0 Å². The van der Waals surface area contributed by atoms with Crippen molar-refractivity contribution >= 4 is 35.1 Å². The molecule has 0 aliphatic carbocycles. The Morgan fingerprint density at radius 1 is 1.10 bits per heavy atom. The van der Waals surface area contributed by atoms with E-state index in [9.17, 15) is 4.79 Å². The summed E-state index contributed by atoms with van der Waals surface area (Å²) in [5.74, 6) is -1.08. The summed E-state index contributed by atoms with van der Waals surface area (Å²) >= 11 is 5.82. The van der Waals surface area contributed by atoms with Crippen molar-refractivity contribution in [1.82, 2.24) is 10.3 Å². The van der Waals surface area contributed by atoms with Crippen molar-refractivity contribution in [1.29, 1.82) is 0 Å². The summed E-state index contributed by atoms with van der Waals surface area (Å²) in [5, 5.41) is 6.21. The van der Waals surface area contributed by atoms with Gasteiger partial charge in [0.15, 0.2) is 0 Å². The zero-order chi connectivity index (χ0) is 21.0. The van der Waals surface area contributed by atoms with Crippen molar-refractivity contribution in [2.24, 2.45) is 10.7 Å². The standard InChI is InChI=1S/C23H20ClN5O/c24-14-16-7-9-17(10-8-16)22(30)28-21-6-2-1-5-19(21)23(25)27-13-11-20(29-23)18-4-3-12-26-15-18/h1-13,15,29H,14,25H2,(H,28,30). The summed E-state index contributed by atoms with van der Waals surface area (Å²) in [7, 11) is 0. The minimum Gasteiger partial charge on any atom is -0.345 e. The van der Waals surface area contributed by atoms with Gasteiger partial charge in [0.25, 0.3) is 5.91 Å². The van der Waals surface area contributed by atoms with Crippen LogP contribution in [-0.2, 0) is 11.7 Å². The smallest absolute Gasteiger partial charge is 0.255 e. The highest BCUT2D eigenvalue weighted by atomic mass is 35.5. The molecule has 4 N–H and O–H groups in total. The molecular weight excluding hydrogens is 398 g/mol. The molecule has 2 aromatic carbocycles. The van der Waals surface area contributed by atoms with E-state index in [-0.39, 0.29) is 5.91 Å². The predicted octanol–water partition coefficient (Wildman–Crippen LogP) is 3.86. The summed E-state index contributed by atoms with van der Waals surface area (Å²) in [6, 6.07) is 18.3. The average molecular weight is 418 g/mol. The molecule has 3 aromatic rings. The van der Waals surface area contributed by atoms with E-state index in [2.05, 4.69) is 20.6 Å². The van der Waals surface area contributed by atoms with Crippen molar-refractivity contribution in [2.75, 3.05) is 5.32 Å². The first-order chi connectivity index (χ1) is 14.6. The molecule has 150 valence electrons. The van der Waals surface area contributed by atoms with Gasteiger partial charge < -0.3 is 10.6 Å². The molecule has 2 heterocycles. The molecule has 1 aliphatic rings. The van der Waals surface area contributed by atoms with Crippen molar-refractivity contribution in [2.45, 2.75) is 11.7 Å². The van der Waals surface area contributed by atoms with Gasteiger partial charge in [0, 0.05) is 52.6 Å². The monoisotopic (exact) mass is 417 g/mol. The van der Waals surface area contributed by atoms with E-state index in [0.29, 0.717) is 22.7 Å². The maximum atomic E-state index is 12.8. The zero-order valence-electron chi connectivity index (χ0n) is 16.0. The van der Waals surface area contributed by atoms with Gasteiger partial charge in [0.05, 0.1) is 0 Å². The quantitative estimate of drug-likeness (QED) is 0.549. The number of allylic oxidation sites excluding steroid dienone is 1. The minimum atomic E-state index is -1.24. The number of benzene rings is 2. The van der Waals surface area contributed by atoms with Crippen LogP contribution in [0.1, 0.15) is 27.0 Å². The molecule has 0 bridgehead atoms. The lowest BCUT2D eigenvalue weighted by Gasteiger charge is -2.33. The van der Waals surface area contributed by atoms with E-state index in [4.69, 9.17) is 17.3 Å². The van der Waals surface area contributed by atoms with Gasteiger partial charge in [0.1, 0.15) is 0 Å². The van der Waals surface area contributed by atoms with Gasteiger partial charge >= 0.3 is 0 Å². The minimum absolute atomic E-state index is 0.241. The first kappa shape index (κ1) is 19.8. The van der Waals surface area contributed by atoms with Crippen LogP contribution >= 0.6 is 11.6 Å². The summed E-state index contributed by atoms with van der Waals surface area (Å²) in [6.45, 7) is 0. The molecule has 0 saturated heterocycles. The topological polar surface area (TPSA) is 92.4 Å². The number of amides is 1. The Kier molecular flexibility index (Phi) is 5.61. The van der Waals surface area contributed by atoms with Crippen LogP contribution in [0.15, 0.2) is 84.1 Å². The number of para-hydroxylation sites is 1. The number of nitrogens with two attached hydrogens (primary N) is 1. The number of rotatable bonds is 5. The molecule has 1 unspecified atom stereocenters. The van der Waals surface area contributed by atoms with Crippen LogP contribution in [0.25, 0.3) is 5.70 Å². The van der Waals surface area contributed by atoms with Crippen molar-refractivity contribution in [3.8, 4) is 0 Å². The van der Waals surface area contributed by atoms with Crippen LogP contribution in [0.3, 0.4) is 0 Å². The second-order valence-electron chi connectivity index (χ2n) is 6.82. The van der Waals surface area contributed by atoms with Crippen molar-refractivity contribution in [3.05, 3.63) is 101 Å². The molecular formula is C23H20ClN5O. The fraction of sp³-hybridized carbons (Fsp3) is 0.0870. The van der Waals surface area contributed by atoms with E-state index < -0.39 is 5.79 Å². The number of halogens is 1. The molecule has 4 rings (SSSR count). The molecule has 1 amide bonds. The van der Waals surface area contributed by atoms with E-state index in [1.54, 1.807) is 36.8 Å². The highest BCUT2D eigenvalue weighted by Crippen LogP contribution is 2.30. The predicted molar refractivity (Wildman–Crippen MR) is 120 cm³/mol. The van der Waals surface area contributed by atoms with E-state index in [1.165, 1.54) is 0 Å². The average Bonchev–Trinajstić information content (AvgIpc) is 2.80. The summed E-state index contributed by atoms with van der Waals surface area (Å²) < 4.78 is 0. The second kappa shape index (κ2) is 8.49. The summed E-state index contributed by atoms with van der Waals surface area (Å²) in [4.78, 5) is 21.4. The van der Waals surface area contributed by atoms with Gasteiger partial charge in [-0.15, -0.1) is 11.6 Å². The van der Waals surface area contributed by atoms with Gasteiger partial charge in [0.2, 0.25) is 5.79 Å². The Labute approximate surface area is 179 Å². The van der Waals surface area contributed by atoms with Crippen molar-refractivity contribution < 1.29 is 4.79 Å². The van der Waals surface area contributed by atoms with Crippen LogP contribution < -0.4 is 16.4 Å². The number of pyridine rings is 1. The number of nitrogens with one attached hydrogen (secondary N) is 2. The molecule has 0 spiro atoms. The Morgan fingerprint density at radius 2 is 1.90 bits per heavy atom. The molecule has 1 aromatic heterocycles. The third-order valence-corrected chi connectivity index (χ3v) is 5.08. The summed E-state index contributed by atoms with van der Waals surface area (Å²) in [6.07, 6.45) is 6.95. The number of nitrogens with zero attached hydrogens (tertiary/aromatic N) is 2. The Bertz CT molecular complexity index is 1110. The highest BCUT2D eigenvalue weighted by molar-refractivity contribution is 6.17. The number of carbonyl (C=O) groups excluding carboxylic acids is 1. The van der Waals surface area contributed by atoms with Crippen LogP contribution in [0.4, 0.5) is 5.69 Å². The van der Waals surface area contributed by atoms with Crippen LogP contribution in [0.5, 0.6) is 0 Å². The number of alkyl halides is 1. The number of hydrogen-bond acceptors (Lipinski definition) is 5. The molecule has 7 heteroatoms. The Morgan fingerprint density at radius 3 is 2.63 bits per heavy atom. The molecule has 1 atom stereocenters. The normalized spacial score (nSPS) is 17.7. The van der Waals surface area contributed by atoms with Gasteiger partial charge in [-0.05, 0) is 42.0 Å². The number of aromatic nitrogens is 1. The molecule has 0 radical (unpaired) electrons. The lowest BCUT2D eigenvalue weighted by atomic mass is 10.0. The van der Waals surface area contributed by atoms with E-state index in [1.807, 2.05) is 48.5 Å². The lowest BCUT2D eigenvalue weighted by molar-refractivity contribution is 0.102. The molecule has 6 nitrogen and oxygen atoms in total. The van der Waals surface area contributed by atoms with E-state index in [0.717, 1.165) is 16.8 Å². The van der Waals surface area contributed by atoms with Crippen molar-refractivity contribution in [3.63, 3.8) is 0 Å². The van der Waals surface area contributed by atoms with Crippen LogP contribution in [0, 0.1) is 0 Å². The first-order valence-corrected chi connectivity index (χ1v) is 9.91. The number of aliphatic imine (C=N–C) groups is 1. The Hall–Kier alpha value is -3.48. The maximum Gasteiger partial charge on any atom is 0.255 e. The Balaban J connectivity index is 1.60. The van der Waals surface area contributed by atoms with Crippen LogP contribution in [-0.4, -0.2) is 17.1 Å². The first-order valence-electron chi connectivity index (χ1n) is 9.38. The largest absolute Gasteiger partial charge is 0.345 e. The molecule has 1 aliphatic heterocycles. The fourth-order valence-corrected chi connectivity index (χ4v) is 3.38. The molecule has 0 saturated carbocycles. The number of carbonyl (C=O) groups is 1. The van der Waals surface area contributed by atoms with Gasteiger partial charge in [-0.3, -0.25) is 15.5 Å². The second-order valence-corrected chi connectivity index (χ2v) is 7.09. The third kappa shape index (κ3) is 4.10. The number of anilines is 1. The van der Waals surface area contributed by atoms with Gasteiger partial charge in [-0.25, -0.2) is 4.99 Å². The third-order valence-electron chi connectivity index (χ3n) is 4.77. The maximum absolute atomic E-state index is 12.8. The fourth-order valence-electron chi connectivity index (χ4n) is 3.20. The number of hydrogen-bond donors (Lipinski definition) is 3. The molecule has 0 fully saturated rings. The molecule has 30 heavy (non-hydrogen) atoms. The SMILES string of the molecule is NC1(c2ccccc2NC(=O)c2ccc(CCl)cc2)N=CC=C(c2cccnc2)N1. The lowest BCUT2D eigenvalue weighted by Crippen LogP contribution is -2.49. The summed E-state index contributed by atoms with van der Waals surface area (Å²) in [5.41, 5.74) is 11.0.